The van der Waals surface area contributed by atoms with E-state index in [-0.39, 0.29) is 35.0 Å². The molecule has 1 aromatic carbocycles. The molecule has 6 heteroatoms. The standard InChI is InChI=1S/C12H12ClNO3.Li/c13-10-8(11(15)16)2-1-3-9(10)14-5-4-12(14)6-17-7-12;/h1-3H,4-7H2,(H,15,16);/q;+1/p-1. The molecule has 0 N–H and O–H groups in total. The number of benzene rings is 1. The first-order chi connectivity index (χ1) is 8.14. The van der Waals surface area contributed by atoms with E-state index in [1.165, 1.54) is 6.07 Å². The van der Waals surface area contributed by atoms with E-state index in [1.54, 1.807) is 6.07 Å². The zero-order chi connectivity index (χ0) is 12.0. The van der Waals surface area contributed by atoms with Crippen LogP contribution in [-0.2, 0) is 4.74 Å². The summed E-state index contributed by atoms with van der Waals surface area (Å²) in [7, 11) is 0. The van der Waals surface area contributed by atoms with Gasteiger partial charge in [0, 0.05) is 12.1 Å². The molecule has 2 saturated heterocycles. The summed E-state index contributed by atoms with van der Waals surface area (Å²) >= 11 is 6.12. The van der Waals surface area contributed by atoms with Crippen LogP contribution >= 0.6 is 11.6 Å². The van der Waals surface area contributed by atoms with Gasteiger partial charge >= 0.3 is 18.9 Å². The summed E-state index contributed by atoms with van der Waals surface area (Å²) in [6, 6.07) is 5.00. The molecule has 0 aliphatic carbocycles. The van der Waals surface area contributed by atoms with Gasteiger partial charge in [-0.3, -0.25) is 0 Å². The number of hydrogen-bond acceptors (Lipinski definition) is 4. The van der Waals surface area contributed by atoms with Gasteiger partial charge in [0.1, 0.15) is 0 Å². The number of hydrogen-bond donors (Lipinski definition) is 0. The molecule has 2 aliphatic rings. The second-order valence-corrected chi connectivity index (χ2v) is 4.92. The van der Waals surface area contributed by atoms with E-state index in [0.29, 0.717) is 13.2 Å². The smallest absolute Gasteiger partial charge is 0.545 e. The number of carboxylic acids is 1. The Morgan fingerprint density at radius 2 is 2.17 bits per heavy atom. The molecule has 0 bridgehead atoms. The van der Waals surface area contributed by atoms with Crippen molar-refractivity contribution in [3.05, 3.63) is 28.8 Å². The van der Waals surface area contributed by atoms with Gasteiger partial charge in [0.25, 0.3) is 0 Å². The maximum absolute atomic E-state index is 10.9. The summed E-state index contributed by atoms with van der Waals surface area (Å²) < 4.78 is 5.24. The first kappa shape index (κ1) is 13.8. The second kappa shape index (κ2) is 4.79. The number of carbonyl (C=O) groups excluding carboxylic acids is 1. The fraction of sp³-hybridized carbons (Fsp3) is 0.417. The molecule has 0 saturated carbocycles. The van der Waals surface area contributed by atoms with Crippen molar-refractivity contribution in [2.24, 2.45) is 0 Å². The molecule has 0 aromatic heterocycles. The van der Waals surface area contributed by atoms with Crippen LogP contribution in [0.3, 0.4) is 0 Å². The molecule has 0 unspecified atom stereocenters. The molecule has 2 aliphatic heterocycles. The van der Waals surface area contributed by atoms with E-state index in [4.69, 9.17) is 16.3 Å². The van der Waals surface area contributed by atoms with Crippen molar-refractivity contribution in [2.75, 3.05) is 24.7 Å². The maximum atomic E-state index is 10.9. The Kier molecular flexibility index (Phi) is 3.66. The minimum absolute atomic E-state index is 0. The summed E-state index contributed by atoms with van der Waals surface area (Å²) in [5, 5.41) is 11.2. The fourth-order valence-electron chi connectivity index (χ4n) is 2.44. The fourth-order valence-corrected chi connectivity index (χ4v) is 2.74. The topological polar surface area (TPSA) is 52.6 Å². The van der Waals surface area contributed by atoms with Crippen LogP contribution in [0.4, 0.5) is 5.69 Å². The van der Waals surface area contributed by atoms with Crippen molar-refractivity contribution in [3.8, 4) is 0 Å². The third-order valence-corrected chi connectivity index (χ3v) is 4.00. The number of carboxylic acid groups (broad SMARTS) is 1. The zero-order valence-electron chi connectivity index (χ0n) is 10.1. The molecule has 1 aromatic rings. The molecular weight excluding hydrogens is 249 g/mol. The van der Waals surface area contributed by atoms with Crippen LogP contribution in [0.25, 0.3) is 0 Å². The Hall–Kier alpha value is -0.663. The largest absolute Gasteiger partial charge is 1.00 e. The van der Waals surface area contributed by atoms with Crippen molar-refractivity contribution < 1.29 is 33.5 Å². The number of ether oxygens (including phenoxy) is 1. The number of nitrogens with zero attached hydrogens (tertiary/aromatic N) is 1. The molecule has 2 fully saturated rings. The van der Waals surface area contributed by atoms with E-state index in [1.807, 2.05) is 6.07 Å². The van der Waals surface area contributed by atoms with Gasteiger partial charge in [0.2, 0.25) is 0 Å². The molecular formula is C12H11ClLiNO3. The quantitative estimate of drug-likeness (QED) is 0.560. The van der Waals surface area contributed by atoms with Crippen molar-refractivity contribution in [1.29, 1.82) is 0 Å². The first-order valence-electron chi connectivity index (χ1n) is 5.49. The van der Waals surface area contributed by atoms with Crippen molar-refractivity contribution in [2.45, 2.75) is 12.0 Å². The molecule has 0 radical (unpaired) electrons. The Morgan fingerprint density at radius 1 is 1.44 bits per heavy atom. The van der Waals surface area contributed by atoms with E-state index in [2.05, 4.69) is 4.90 Å². The van der Waals surface area contributed by atoms with Crippen molar-refractivity contribution >= 4 is 23.3 Å². The van der Waals surface area contributed by atoms with Crippen LogP contribution in [0.5, 0.6) is 0 Å². The van der Waals surface area contributed by atoms with Gasteiger partial charge in [-0.2, -0.15) is 0 Å². The second-order valence-electron chi connectivity index (χ2n) is 4.54. The first-order valence-corrected chi connectivity index (χ1v) is 5.87. The monoisotopic (exact) mass is 259 g/mol. The summed E-state index contributed by atoms with van der Waals surface area (Å²) in [5.41, 5.74) is 0.864. The number of rotatable bonds is 2. The molecule has 18 heavy (non-hydrogen) atoms. The van der Waals surface area contributed by atoms with Crippen LogP contribution < -0.4 is 28.9 Å². The normalized spacial score (nSPS) is 19.7. The molecule has 2 heterocycles. The van der Waals surface area contributed by atoms with Crippen LogP contribution in [0.1, 0.15) is 16.8 Å². The molecule has 90 valence electrons. The van der Waals surface area contributed by atoms with Crippen LogP contribution in [0.15, 0.2) is 18.2 Å². The predicted octanol–water partition coefficient (Wildman–Crippen LogP) is -2.31. The summed E-state index contributed by atoms with van der Waals surface area (Å²) in [4.78, 5) is 13.0. The molecule has 0 atom stereocenters. The van der Waals surface area contributed by atoms with Crippen LogP contribution in [0, 0.1) is 0 Å². The SMILES string of the molecule is O=C([O-])c1cccc(N2CCC23COC3)c1Cl.[Li+]. The maximum Gasteiger partial charge on any atom is 1.00 e. The number of aromatic carboxylic acids is 1. The van der Waals surface area contributed by atoms with Gasteiger partial charge in [-0.15, -0.1) is 0 Å². The van der Waals surface area contributed by atoms with Crippen LogP contribution in [-0.4, -0.2) is 31.3 Å². The Labute approximate surface area is 122 Å². The average Bonchev–Trinajstić information content (AvgIpc) is 2.16. The van der Waals surface area contributed by atoms with Crippen molar-refractivity contribution in [3.63, 3.8) is 0 Å². The molecule has 0 amide bonds. The molecule has 3 rings (SSSR count). The van der Waals surface area contributed by atoms with E-state index < -0.39 is 5.97 Å². The minimum atomic E-state index is -1.24. The molecule has 4 nitrogen and oxygen atoms in total. The number of halogens is 1. The van der Waals surface area contributed by atoms with Crippen molar-refractivity contribution in [1.82, 2.24) is 0 Å². The van der Waals surface area contributed by atoms with Gasteiger partial charge in [0.15, 0.2) is 0 Å². The minimum Gasteiger partial charge on any atom is -0.545 e. The Bertz CT molecular complexity index is 485. The summed E-state index contributed by atoms with van der Waals surface area (Å²) in [6.45, 7) is 2.28. The van der Waals surface area contributed by atoms with E-state index in [9.17, 15) is 9.90 Å². The Morgan fingerprint density at radius 3 is 2.61 bits per heavy atom. The summed E-state index contributed by atoms with van der Waals surface area (Å²) in [5.74, 6) is -1.24. The van der Waals surface area contributed by atoms with E-state index >= 15 is 0 Å². The predicted molar refractivity (Wildman–Crippen MR) is 61.3 cm³/mol. The van der Waals surface area contributed by atoms with E-state index in [0.717, 1.165) is 18.7 Å². The third kappa shape index (κ3) is 1.85. The van der Waals surface area contributed by atoms with Crippen LogP contribution in [0.2, 0.25) is 5.02 Å². The third-order valence-electron chi connectivity index (χ3n) is 3.60. The van der Waals surface area contributed by atoms with Gasteiger partial charge in [-0.1, -0.05) is 23.7 Å². The Balaban J connectivity index is 0.00000120. The van der Waals surface area contributed by atoms with Gasteiger partial charge < -0.3 is 19.5 Å². The van der Waals surface area contributed by atoms with Gasteiger partial charge in [-0.05, 0) is 12.5 Å². The average molecular weight is 260 g/mol. The number of anilines is 1. The number of carbonyl (C=O) groups is 1. The van der Waals surface area contributed by atoms with Gasteiger partial charge in [-0.25, -0.2) is 0 Å². The zero-order valence-corrected chi connectivity index (χ0v) is 10.9. The molecule has 1 spiro atoms. The summed E-state index contributed by atoms with van der Waals surface area (Å²) in [6.07, 6.45) is 1.07. The van der Waals surface area contributed by atoms with Gasteiger partial charge in [0.05, 0.1) is 35.4 Å².